The molecule has 1 aliphatic rings. The number of thioether (sulfide) groups is 1. The lowest BCUT2D eigenvalue weighted by molar-refractivity contribution is -0.117. The van der Waals surface area contributed by atoms with Crippen LogP contribution in [0, 0.1) is 3.57 Å². The number of halogens is 1. The number of hydrogen-bond acceptors (Lipinski definition) is 6. The molecule has 10 heteroatoms. The van der Waals surface area contributed by atoms with Crippen molar-refractivity contribution >= 4 is 63.2 Å². The number of hydrogen-bond donors (Lipinski definition) is 2. The summed E-state index contributed by atoms with van der Waals surface area (Å²) < 4.78 is 3.14. The van der Waals surface area contributed by atoms with Gasteiger partial charge in [-0.25, -0.2) is 0 Å². The number of aromatic nitrogens is 3. The van der Waals surface area contributed by atoms with Crippen molar-refractivity contribution in [3.05, 3.63) is 88.3 Å². The van der Waals surface area contributed by atoms with Crippen molar-refractivity contribution in [2.75, 3.05) is 27.8 Å². The predicted octanol–water partition coefficient (Wildman–Crippen LogP) is 5.34. The van der Waals surface area contributed by atoms with Gasteiger partial charge in [0.25, 0.3) is 0 Å². The molecule has 8 nitrogen and oxygen atoms in total. The van der Waals surface area contributed by atoms with Gasteiger partial charge in [-0.1, -0.05) is 36.0 Å². The lowest BCUT2D eigenvalue weighted by Crippen LogP contribution is -2.23. The molecule has 1 saturated heterocycles. The molecule has 4 aromatic rings. The summed E-state index contributed by atoms with van der Waals surface area (Å²) in [5.41, 5.74) is 3.39. The van der Waals surface area contributed by atoms with Gasteiger partial charge in [0.15, 0.2) is 11.0 Å². The Morgan fingerprint density at radius 1 is 0.946 bits per heavy atom. The zero-order valence-electron chi connectivity index (χ0n) is 19.9. The van der Waals surface area contributed by atoms with Crippen LogP contribution in [0.2, 0.25) is 0 Å². The highest BCUT2D eigenvalue weighted by Gasteiger charge is 2.22. The zero-order valence-corrected chi connectivity index (χ0v) is 22.9. The maximum absolute atomic E-state index is 12.8. The van der Waals surface area contributed by atoms with Gasteiger partial charge in [0.1, 0.15) is 0 Å². The molecular weight excluding hydrogens is 599 g/mol. The van der Waals surface area contributed by atoms with E-state index in [9.17, 15) is 9.59 Å². The van der Waals surface area contributed by atoms with E-state index in [-0.39, 0.29) is 17.6 Å². The number of carbonyl (C=O) groups excluding carboxylic acids is 2. The van der Waals surface area contributed by atoms with Crippen LogP contribution in [0.25, 0.3) is 5.69 Å². The van der Waals surface area contributed by atoms with E-state index >= 15 is 0 Å². The van der Waals surface area contributed by atoms with E-state index in [1.807, 2.05) is 83.4 Å². The molecule has 0 atom stereocenters. The van der Waals surface area contributed by atoms with E-state index in [0.29, 0.717) is 30.4 Å². The molecule has 1 aliphatic heterocycles. The van der Waals surface area contributed by atoms with Gasteiger partial charge in [-0.2, -0.15) is 0 Å². The van der Waals surface area contributed by atoms with Crippen LogP contribution in [0.5, 0.6) is 0 Å². The third-order valence-corrected chi connectivity index (χ3v) is 7.51. The van der Waals surface area contributed by atoms with Gasteiger partial charge in [0.05, 0.1) is 12.3 Å². The smallest absolute Gasteiger partial charge is 0.234 e. The SMILES string of the molecule is O=C(CSc1nnc(CNc2ccc(I)cc2)n1-c1ccccc1)Nc1cccc(N2CCCC2=O)c1. The Hall–Kier alpha value is -3.38. The van der Waals surface area contributed by atoms with E-state index in [2.05, 4.69) is 43.4 Å². The molecule has 0 bridgehead atoms. The molecule has 0 spiro atoms. The van der Waals surface area contributed by atoms with Gasteiger partial charge in [0.2, 0.25) is 11.8 Å². The molecule has 2 heterocycles. The fourth-order valence-corrected chi connectivity index (χ4v) is 5.22. The zero-order chi connectivity index (χ0) is 25.6. The summed E-state index contributed by atoms with van der Waals surface area (Å²) in [4.78, 5) is 26.6. The van der Waals surface area contributed by atoms with Crippen LogP contribution < -0.4 is 15.5 Å². The highest BCUT2D eigenvalue weighted by Crippen LogP contribution is 2.26. The number of nitrogens with one attached hydrogen (secondary N) is 2. The first-order chi connectivity index (χ1) is 18.1. The highest BCUT2D eigenvalue weighted by molar-refractivity contribution is 14.1. The van der Waals surface area contributed by atoms with Crippen LogP contribution in [0.4, 0.5) is 17.1 Å². The summed E-state index contributed by atoms with van der Waals surface area (Å²) >= 11 is 3.61. The molecule has 0 aliphatic carbocycles. The first kappa shape index (κ1) is 25.3. The topological polar surface area (TPSA) is 92.2 Å². The Bertz CT molecular complexity index is 1390. The second-order valence-electron chi connectivity index (χ2n) is 8.47. The first-order valence-corrected chi connectivity index (χ1v) is 14.0. The van der Waals surface area contributed by atoms with E-state index in [1.165, 1.54) is 15.3 Å². The number of benzene rings is 3. The van der Waals surface area contributed by atoms with Gasteiger partial charge in [-0.3, -0.25) is 14.2 Å². The fraction of sp³-hybridized carbons (Fsp3) is 0.185. The summed E-state index contributed by atoms with van der Waals surface area (Å²) in [7, 11) is 0. The Morgan fingerprint density at radius 2 is 1.73 bits per heavy atom. The van der Waals surface area contributed by atoms with E-state index in [4.69, 9.17) is 0 Å². The van der Waals surface area contributed by atoms with Gasteiger partial charge in [-0.15, -0.1) is 10.2 Å². The van der Waals surface area contributed by atoms with Crippen molar-refractivity contribution in [1.82, 2.24) is 14.8 Å². The largest absolute Gasteiger partial charge is 0.378 e. The van der Waals surface area contributed by atoms with Gasteiger partial charge in [-0.05, 0) is 83.6 Å². The van der Waals surface area contributed by atoms with E-state index < -0.39 is 0 Å². The molecule has 3 aromatic carbocycles. The van der Waals surface area contributed by atoms with Crippen LogP contribution in [0.3, 0.4) is 0 Å². The van der Waals surface area contributed by atoms with Crippen molar-refractivity contribution in [2.45, 2.75) is 24.5 Å². The second kappa shape index (κ2) is 11.8. The Balaban J connectivity index is 1.27. The minimum atomic E-state index is -0.156. The maximum Gasteiger partial charge on any atom is 0.234 e. The van der Waals surface area contributed by atoms with Crippen molar-refractivity contribution in [3.8, 4) is 5.69 Å². The predicted molar refractivity (Wildman–Crippen MR) is 155 cm³/mol. The number of carbonyl (C=O) groups is 2. The molecule has 5 rings (SSSR count). The standard InChI is InChI=1S/C27H25IN6O2S/c28-19-11-13-20(14-12-19)29-17-24-31-32-27(34(24)22-7-2-1-3-8-22)37-18-25(35)30-21-6-4-9-23(16-21)33-15-5-10-26(33)36/h1-4,6-9,11-14,16,29H,5,10,15,17-18H2,(H,30,35). The number of amides is 2. The summed E-state index contributed by atoms with van der Waals surface area (Å²) in [5, 5.41) is 15.8. The number of anilines is 3. The van der Waals surface area contributed by atoms with Crippen molar-refractivity contribution < 1.29 is 9.59 Å². The second-order valence-corrected chi connectivity index (χ2v) is 10.7. The number of para-hydroxylation sites is 1. The summed E-state index contributed by atoms with van der Waals surface area (Å²) in [5.74, 6) is 0.876. The lowest BCUT2D eigenvalue weighted by atomic mass is 10.2. The summed E-state index contributed by atoms with van der Waals surface area (Å²) in [6.07, 6.45) is 1.42. The Labute approximate surface area is 233 Å². The molecule has 37 heavy (non-hydrogen) atoms. The maximum atomic E-state index is 12.8. The molecule has 0 saturated carbocycles. The van der Waals surface area contributed by atoms with E-state index in [0.717, 1.165) is 29.3 Å². The number of rotatable bonds is 9. The third-order valence-electron chi connectivity index (χ3n) is 5.86. The Morgan fingerprint density at radius 3 is 2.49 bits per heavy atom. The monoisotopic (exact) mass is 624 g/mol. The quantitative estimate of drug-likeness (QED) is 0.193. The highest BCUT2D eigenvalue weighted by atomic mass is 127. The molecule has 2 N–H and O–H groups in total. The van der Waals surface area contributed by atoms with Crippen LogP contribution in [0.15, 0.2) is 84.0 Å². The fourth-order valence-electron chi connectivity index (χ4n) is 4.09. The van der Waals surface area contributed by atoms with Crippen molar-refractivity contribution in [2.24, 2.45) is 0 Å². The van der Waals surface area contributed by atoms with Gasteiger partial charge < -0.3 is 15.5 Å². The average Bonchev–Trinajstić information content (AvgIpc) is 3.53. The molecule has 0 radical (unpaired) electrons. The molecule has 1 aromatic heterocycles. The van der Waals surface area contributed by atoms with Crippen molar-refractivity contribution in [1.29, 1.82) is 0 Å². The third kappa shape index (κ3) is 6.31. The molecular formula is C27H25IN6O2S. The minimum Gasteiger partial charge on any atom is -0.378 e. The van der Waals surface area contributed by atoms with Gasteiger partial charge in [0, 0.05) is 39.3 Å². The van der Waals surface area contributed by atoms with Crippen LogP contribution >= 0.6 is 34.4 Å². The van der Waals surface area contributed by atoms with E-state index in [1.54, 1.807) is 4.90 Å². The molecule has 0 unspecified atom stereocenters. The first-order valence-electron chi connectivity index (χ1n) is 11.9. The average molecular weight is 625 g/mol. The van der Waals surface area contributed by atoms with Crippen molar-refractivity contribution in [3.63, 3.8) is 0 Å². The van der Waals surface area contributed by atoms with Crippen LogP contribution in [-0.4, -0.2) is 38.9 Å². The summed E-state index contributed by atoms with van der Waals surface area (Å²) in [6.45, 7) is 1.19. The number of nitrogens with zero attached hydrogens (tertiary/aromatic N) is 4. The Kier molecular flexibility index (Phi) is 8.05. The molecule has 1 fully saturated rings. The normalized spacial score (nSPS) is 13.1. The lowest BCUT2D eigenvalue weighted by Gasteiger charge is -2.16. The molecule has 188 valence electrons. The van der Waals surface area contributed by atoms with Crippen LogP contribution in [0.1, 0.15) is 18.7 Å². The van der Waals surface area contributed by atoms with Gasteiger partial charge >= 0.3 is 0 Å². The minimum absolute atomic E-state index is 0.117. The summed E-state index contributed by atoms with van der Waals surface area (Å²) in [6, 6.07) is 25.4. The van der Waals surface area contributed by atoms with Crippen LogP contribution in [-0.2, 0) is 16.1 Å². The molecule has 2 amide bonds.